The van der Waals surface area contributed by atoms with Crippen LogP contribution >= 0.6 is 11.8 Å². The van der Waals surface area contributed by atoms with E-state index in [1.54, 1.807) is 31.0 Å². The van der Waals surface area contributed by atoms with Gasteiger partial charge >= 0.3 is 0 Å². The highest BCUT2D eigenvalue weighted by molar-refractivity contribution is 7.98. The van der Waals surface area contributed by atoms with Gasteiger partial charge in [0.15, 0.2) is 5.16 Å². The van der Waals surface area contributed by atoms with Gasteiger partial charge in [-0.25, -0.2) is 9.37 Å². The Morgan fingerprint density at radius 2 is 1.73 bits per heavy atom. The van der Waals surface area contributed by atoms with E-state index in [1.807, 2.05) is 48.5 Å². The van der Waals surface area contributed by atoms with Crippen LogP contribution in [0.4, 0.5) is 4.39 Å². The monoisotopic (exact) mass is 462 g/mol. The first-order chi connectivity index (χ1) is 16.1. The molecule has 0 spiro atoms. The van der Waals surface area contributed by atoms with Crippen molar-refractivity contribution in [3.05, 3.63) is 107 Å². The maximum Gasteiger partial charge on any atom is 0.251 e. The molecule has 1 heterocycles. The maximum atomic E-state index is 13.3. The van der Waals surface area contributed by atoms with Crippen molar-refractivity contribution >= 4 is 17.7 Å². The minimum atomic E-state index is -0.287. The Morgan fingerprint density at radius 1 is 1.03 bits per heavy atom. The van der Waals surface area contributed by atoms with Crippen molar-refractivity contribution in [3.63, 3.8) is 0 Å². The topological polar surface area (TPSA) is 79.9 Å². The van der Waals surface area contributed by atoms with Crippen LogP contribution in [0.3, 0.4) is 0 Å². The molecule has 33 heavy (non-hydrogen) atoms. The van der Waals surface area contributed by atoms with Crippen molar-refractivity contribution in [3.8, 4) is 5.75 Å². The lowest BCUT2D eigenvalue weighted by Gasteiger charge is -2.20. The van der Waals surface area contributed by atoms with E-state index < -0.39 is 0 Å². The molecule has 0 bridgehead atoms. The summed E-state index contributed by atoms with van der Waals surface area (Å²) in [6, 6.07) is 21.1. The Labute approximate surface area is 195 Å². The number of aromatic nitrogens is 3. The van der Waals surface area contributed by atoms with Gasteiger partial charge < -0.3 is 10.1 Å². The highest BCUT2D eigenvalue weighted by Gasteiger charge is 2.17. The average molecular weight is 463 g/mol. The van der Waals surface area contributed by atoms with Gasteiger partial charge in [-0.15, -0.1) is 0 Å². The van der Waals surface area contributed by atoms with Crippen LogP contribution in [-0.2, 0) is 12.2 Å². The number of hydrogen-bond acceptors (Lipinski definition) is 5. The average Bonchev–Trinajstić information content (AvgIpc) is 3.38. The quantitative estimate of drug-likeness (QED) is 0.344. The summed E-state index contributed by atoms with van der Waals surface area (Å²) < 4.78 is 18.6. The Bertz CT molecular complexity index is 1160. The molecule has 4 rings (SSSR count). The molecule has 1 atom stereocenters. The molecular weight excluding hydrogens is 439 g/mol. The standard InChI is InChI=1S/C25H23FN4O2S/c1-32-22-12-8-19(9-13-22)23(14-17-4-10-21(26)11-5-17)29-24(31)20-6-2-18(3-7-20)15-33-25-27-16-28-30-25/h2-13,16,23H,14-15H2,1H3,(H,29,31)(H,27,28,30). The second kappa shape index (κ2) is 10.8. The lowest BCUT2D eigenvalue weighted by atomic mass is 9.98. The van der Waals surface area contributed by atoms with Gasteiger partial charge in [0, 0.05) is 11.3 Å². The Morgan fingerprint density at radius 3 is 2.36 bits per heavy atom. The number of carbonyl (C=O) groups excluding carboxylic acids is 1. The van der Waals surface area contributed by atoms with Crippen LogP contribution in [-0.4, -0.2) is 28.2 Å². The van der Waals surface area contributed by atoms with Gasteiger partial charge in [0.05, 0.1) is 13.2 Å². The van der Waals surface area contributed by atoms with Gasteiger partial charge in [0.1, 0.15) is 17.9 Å². The van der Waals surface area contributed by atoms with Gasteiger partial charge in [0.25, 0.3) is 5.91 Å². The first-order valence-electron chi connectivity index (χ1n) is 10.4. The summed E-state index contributed by atoms with van der Waals surface area (Å²) in [5.74, 6) is 0.998. The van der Waals surface area contributed by atoms with Crippen LogP contribution in [0.2, 0.25) is 0 Å². The van der Waals surface area contributed by atoms with Crippen LogP contribution in [0.15, 0.2) is 84.3 Å². The number of nitrogens with one attached hydrogen (secondary N) is 2. The van der Waals surface area contributed by atoms with Gasteiger partial charge in [-0.3, -0.25) is 9.89 Å². The molecule has 2 N–H and O–H groups in total. The molecule has 8 heteroatoms. The van der Waals surface area contributed by atoms with E-state index in [0.717, 1.165) is 33.3 Å². The zero-order valence-corrected chi connectivity index (χ0v) is 18.8. The molecule has 0 saturated heterocycles. The fraction of sp³-hybridized carbons (Fsp3) is 0.160. The zero-order chi connectivity index (χ0) is 23.0. The summed E-state index contributed by atoms with van der Waals surface area (Å²) >= 11 is 1.54. The predicted molar refractivity (Wildman–Crippen MR) is 126 cm³/mol. The summed E-state index contributed by atoms with van der Waals surface area (Å²) in [6.07, 6.45) is 2.01. The molecular formula is C25H23FN4O2S. The van der Waals surface area contributed by atoms with Crippen molar-refractivity contribution in [2.75, 3.05) is 7.11 Å². The van der Waals surface area contributed by atoms with E-state index in [0.29, 0.717) is 12.0 Å². The summed E-state index contributed by atoms with van der Waals surface area (Å²) in [6.45, 7) is 0. The highest BCUT2D eigenvalue weighted by Crippen LogP contribution is 2.23. The second-order valence-electron chi connectivity index (χ2n) is 7.41. The lowest BCUT2D eigenvalue weighted by Crippen LogP contribution is -2.30. The van der Waals surface area contributed by atoms with Crippen molar-refractivity contribution < 1.29 is 13.9 Å². The van der Waals surface area contributed by atoms with Crippen molar-refractivity contribution in [1.29, 1.82) is 0 Å². The van der Waals surface area contributed by atoms with Gasteiger partial charge in [0.2, 0.25) is 0 Å². The smallest absolute Gasteiger partial charge is 0.251 e. The number of hydrogen-bond donors (Lipinski definition) is 2. The third-order valence-corrected chi connectivity index (χ3v) is 6.11. The number of amides is 1. The van der Waals surface area contributed by atoms with Crippen molar-refractivity contribution in [1.82, 2.24) is 20.5 Å². The molecule has 3 aromatic carbocycles. The van der Waals surface area contributed by atoms with Crippen LogP contribution < -0.4 is 10.1 Å². The molecule has 1 unspecified atom stereocenters. The first-order valence-corrected chi connectivity index (χ1v) is 11.4. The zero-order valence-electron chi connectivity index (χ0n) is 18.0. The molecule has 1 aromatic heterocycles. The van der Waals surface area contributed by atoms with E-state index in [4.69, 9.17) is 4.74 Å². The van der Waals surface area contributed by atoms with Crippen molar-refractivity contribution in [2.24, 2.45) is 0 Å². The number of thioether (sulfide) groups is 1. The fourth-order valence-electron chi connectivity index (χ4n) is 3.35. The molecule has 0 aliphatic rings. The Balaban J connectivity index is 1.46. The van der Waals surface area contributed by atoms with E-state index in [2.05, 4.69) is 20.5 Å². The summed E-state index contributed by atoms with van der Waals surface area (Å²) in [5, 5.41) is 10.5. The lowest BCUT2D eigenvalue weighted by molar-refractivity contribution is 0.0936. The Hall–Kier alpha value is -3.65. The van der Waals surface area contributed by atoms with E-state index in [9.17, 15) is 9.18 Å². The number of H-pyrrole nitrogens is 1. The van der Waals surface area contributed by atoms with Crippen LogP contribution in [0.25, 0.3) is 0 Å². The van der Waals surface area contributed by atoms with E-state index >= 15 is 0 Å². The van der Waals surface area contributed by atoms with E-state index in [1.165, 1.54) is 18.5 Å². The highest BCUT2D eigenvalue weighted by atomic mass is 32.2. The minimum absolute atomic E-state index is 0.174. The summed E-state index contributed by atoms with van der Waals surface area (Å²) in [5.41, 5.74) is 3.51. The third kappa shape index (κ3) is 6.20. The van der Waals surface area contributed by atoms with Crippen LogP contribution in [0.1, 0.15) is 33.1 Å². The molecule has 168 valence electrons. The maximum absolute atomic E-state index is 13.3. The molecule has 4 aromatic rings. The SMILES string of the molecule is COc1ccc(C(Cc2ccc(F)cc2)NC(=O)c2ccc(CSc3ncn[nH]3)cc2)cc1. The van der Waals surface area contributed by atoms with Gasteiger partial charge in [-0.1, -0.05) is 48.2 Å². The minimum Gasteiger partial charge on any atom is -0.497 e. The first kappa shape index (κ1) is 22.5. The van der Waals surface area contributed by atoms with Gasteiger partial charge in [-0.05, 0) is 59.5 Å². The Kier molecular flexibility index (Phi) is 7.36. The molecule has 0 fully saturated rings. The number of rotatable bonds is 9. The normalized spacial score (nSPS) is 11.7. The molecule has 0 aliphatic carbocycles. The van der Waals surface area contributed by atoms with Crippen LogP contribution in [0.5, 0.6) is 5.75 Å². The molecule has 1 amide bonds. The van der Waals surface area contributed by atoms with Gasteiger partial charge in [-0.2, -0.15) is 5.10 Å². The molecule has 6 nitrogen and oxygen atoms in total. The number of benzene rings is 3. The number of halogens is 1. The summed E-state index contributed by atoms with van der Waals surface area (Å²) in [4.78, 5) is 17.1. The fourth-order valence-corrected chi connectivity index (χ4v) is 4.09. The number of ether oxygens (including phenoxy) is 1. The number of carbonyl (C=O) groups is 1. The third-order valence-electron chi connectivity index (χ3n) is 5.16. The number of aromatic amines is 1. The predicted octanol–water partition coefficient (Wildman–Crippen LogP) is 4.96. The van der Waals surface area contributed by atoms with Crippen LogP contribution in [0, 0.1) is 5.82 Å². The second-order valence-corrected chi connectivity index (χ2v) is 8.37. The summed E-state index contributed by atoms with van der Waals surface area (Å²) in [7, 11) is 1.61. The number of nitrogens with zero attached hydrogens (tertiary/aromatic N) is 2. The molecule has 0 saturated carbocycles. The number of methoxy groups -OCH3 is 1. The molecule has 0 radical (unpaired) electrons. The van der Waals surface area contributed by atoms with Crippen molar-refractivity contribution in [2.45, 2.75) is 23.4 Å². The van der Waals surface area contributed by atoms with E-state index in [-0.39, 0.29) is 17.8 Å². The molecule has 0 aliphatic heterocycles. The largest absolute Gasteiger partial charge is 0.497 e.